The van der Waals surface area contributed by atoms with E-state index in [0.717, 1.165) is 22.4 Å². The molecule has 0 radical (unpaired) electrons. The summed E-state index contributed by atoms with van der Waals surface area (Å²) in [6.45, 7) is 12.4. The van der Waals surface area contributed by atoms with E-state index in [-0.39, 0.29) is 5.91 Å². The maximum Gasteiger partial charge on any atom is 0.255 e. The second-order valence-corrected chi connectivity index (χ2v) is 6.42. The third kappa shape index (κ3) is 4.48. The van der Waals surface area contributed by atoms with Gasteiger partial charge in [-0.1, -0.05) is 44.7 Å². The maximum atomic E-state index is 12.6. The molecule has 2 rings (SSSR count). The molecule has 1 N–H and O–H groups in total. The number of amides is 1. The first kappa shape index (κ1) is 17.8. The van der Waals surface area contributed by atoms with Gasteiger partial charge in [0.1, 0.15) is 12.4 Å². The minimum atomic E-state index is -0.132. The first-order valence-electron chi connectivity index (χ1n) is 8.16. The summed E-state index contributed by atoms with van der Waals surface area (Å²) in [5, 5.41) is 3.06. The topological polar surface area (TPSA) is 38.3 Å². The molecule has 0 aromatic heterocycles. The van der Waals surface area contributed by atoms with Gasteiger partial charge in [-0.25, -0.2) is 0 Å². The standard InChI is InChI=1S/C21H25NO2/c1-14(2)13-24-18-10-7-9-17(12-18)21(23)22-20-16(5)8-6-11-19(20)15(3)4/h6-12,15H,1,13H2,2-5H3,(H,22,23). The van der Waals surface area contributed by atoms with Gasteiger partial charge in [-0.05, 0) is 54.7 Å². The number of ether oxygens (including phenoxy) is 1. The largest absolute Gasteiger partial charge is 0.489 e. The minimum absolute atomic E-state index is 0.132. The zero-order chi connectivity index (χ0) is 17.7. The van der Waals surface area contributed by atoms with Crippen LogP contribution in [-0.2, 0) is 0 Å². The molecule has 24 heavy (non-hydrogen) atoms. The predicted molar refractivity (Wildman–Crippen MR) is 100.0 cm³/mol. The van der Waals surface area contributed by atoms with Gasteiger partial charge in [-0.2, -0.15) is 0 Å². The third-order valence-electron chi connectivity index (χ3n) is 3.75. The van der Waals surface area contributed by atoms with E-state index >= 15 is 0 Å². The summed E-state index contributed by atoms with van der Waals surface area (Å²) >= 11 is 0. The summed E-state index contributed by atoms with van der Waals surface area (Å²) in [7, 11) is 0. The third-order valence-corrected chi connectivity index (χ3v) is 3.75. The first-order chi connectivity index (χ1) is 11.4. The van der Waals surface area contributed by atoms with Crippen molar-refractivity contribution in [3.63, 3.8) is 0 Å². The van der Waals surface area contributed by atoms with Crippen molar-refractivity contribution in [1.82, 2.24) is 0 Å². The Morgan fingerprint density at radius 1 is 1.21 bits per heavy atom. The Kier molecular flexibility index (Phi) is 5.80. The molecule has 126 valence electrons. The molecule has 3 heteroatoms. The maximum absolute atomic E-state index is 12.6. The molecule has 0 heterocycles. The van der Waals surface area contributed by atoms with Crippen LogP contribution in [0, 0.1) is 6.92 Å². The van der Waals surface area contributed by atoms with Crippen molar-refractivity contribution in [2.75, 3.05) is 11.9 Å². The van der Waals surface area contributed by atoms with Crippen LogP contribution in [0.3, 0.4) is 0 Å². The van der Waals surface area contributed by atoms with Crippen molar-refractivity contribution in [2.24, 2.45) is 0 Å². The van der Waals surface area contributed by atoms with Crippen molar-refractivity contribution >= 4 is 11.6 Å². The van der Waals surface area contributed by atoms with Crippen LogP contribution >= 0.6 is 0 Å². The quantitative estimate of drug-likeness (QED) is 0.730. The highest BCUT2D eigenvalue weighted by atomic mass is 16.5. The summed E-state index contributed by atoms with van der Waals surface area (Å²) in [5.74, 6) is 0.872. The second-order valence-electron chi connectivity index (χ2n) is 6.42. The fraction of sp³-hybridized carbons (Fsp3) is 0.286. The van der Waals surface area contributed by atoms with Gasteiger partial charge in [0.05, 0.1) is 0 Å². The van der Waals surface area contributed by atoms with Gasteiger partial charge in [0.25, 0.3) is 5.91 Å². The fourth-order valence-electron chi connectivity index (χ4n) is 2.46. The van der Waals surface area contributed by atoms with E-state index in [1.54, 1.807) is 12.1 Å². The summed E-state index contributed by atoms with van der Waals surface area (Å²) in [6.07, 6.45) is 0. The van der Waals surface area contributed by atoms with Gasteiger partial charge >= 0.3 is 0 Å². The van der Waals surface area contributed by atoms with Crippen LogP contribution in [0.5, 0.6) is 5.75 Å². The van der Waals surface area contributed by atoms with E-state index in [1.165, 1.54) is 0 Å². The van der Waals surface area contributed by atoms with Gasteiger partial charge in [0, 0.05) is 11.3 Å². The molecule has 0 bridgehead atoms. The zero-order valence-electron chi connectivity index (χ0n) is 14.8. The van der Waals surface area contributed by atoms with Crippen LogP contribution in [0.4, 0.5) is 5.69 Å². The smallest absolute Gasteiger partial charge is 0.255 e. The molecule has 2 aromatic rings. The number of hydrogen-bond acceptors (Lipinski definition) is 2. The van der Waals surface area contributed by atoms with Gasteiger partial charge in [-0.3, -0.25) is 4.79 Å². The molecule has 0 unspecified atom stereocenters. The number of anilines is 1. The van der Waals surface area contributed by atoms with Crippen LogP contribution < -0.4 is 10.1 Å². The Balaban J connectivity index is 2.22. The molecule has 0 spiro atoms. The van der Waals surface area contributed by atoms with Crippen molar-refractivity contribution in [2.45, 2.75) is 33.6 Å². The summed E-state index contributed by atoms with van der Waals surface area (Å²) in [5.41, 5.74) is 4.60. The molecule has 0 saturated carbocycles. The average Bonchev–Trinajstić information content (AvgIpc) is 2.54. The monoisotopic (exact) mass is 323 g/mol. The highest BCUT2D eigenvalue weighted by Crippen LogP contribution is 2.28. The highest BCUT2D eigenvalue weighted by Gasteiger charge is 2.13. The van der Waals surface area contributed by atoms with E-state index in [9.17, 15) is 4.79 Å². The highest BCUT2D eigenvalue weighted by molar-refractivity contribution is 6.05. The SMILES string of the molecule is C=C(C)COc1cccc(C(=O)Nc2c(C)cccc2C(C)C)c1. The lowest BCUT2D eigenvalue weighted by Crippen LogP contribution is -2.15. The molecule has 3 nitrogen and oxygen atoms in total. The van der Waals surface area contributed by atoms with Gasteiger partial charge < -0.3 is 10.1 Å². The molecule has 0 aliphatic rings. The summed E-state index contributed by atoms with van der Waals surface area (Å²) in [4.78, 5) is 12.6. The number of carbonyl (C=O) groups is 1. The number of carbonyl (C=O) groups excluding carboxylic acids is 1. The van der Waals surface area contributed by atoms with E-state index in [1.807, 2.05) is 38.1 Å². The van der Waals surface area contributed by atoms with Crippen LogP contribution in [0.15, 0.2) is 54.6 Å². The van der Waals surface area contributed by atoms with Crippen LogP contribution in [0.2, 0.25) is 0 Å². The van der Waals surface area contributed by atoms with Crippen molar-refractivity contribution < 1.29 is 9.53 Å². The van der Waals surface area contributed by atoms with Crippen molar-refractivity contribution in [3.8, 4) is 5.75 Å². The number of para-hydroxylation sites is 1. The Bertz CT molecular complexity index is 747. The van der Waals surface area contributed by atoms with Crippen LogP contribution in [-0.4, -0.2) is 12.5 Å². The number of benzene rings is 2. The van der Waals surface area contributed by atoms with Gasteiger partial charge in [0.15, 0.2) is 0 Å². The Morgan fingerprint density at radius 2 is 1.92 bits per heavy atom. The molecule has 2 aromatic carbocycles. The van der Waals surface area contributed by atoms with Crippen LogP contribution in [0.1, 0.15) is 48.2 Å². The lowest BCUT2D eigenvalue weighted by molar-refractivity contribution is 0.102. The summed E-state index contributed by atoms with van der Waals surface area (Å²) < 4.78 is 5.61. The number of nitrogens with one attached hydrogen (secondary N) is 1. The zero-order valence-corrected chi connectivity index (χ0v) is 14.8. The average molecular weight is 323 g/mol. The van der Waals surface area contributed by atoms with Crippen molar-refractivity contribution in [1.29, 1.82) is 0 Å². The molecule has 0 atom stereocenters. The second kappa shape index (κ2) is 7.82. The molecule has 1 amide bonds. The Morgan fingerprint density at radius 3 is 2.58 bits per heavy atom. The van der Waals surface area contributed by atoms with E-state index in [4.69, 9.17) is 4.74 Å². The number of rotatable bonds is 6. The first-order valence-corrected chi connectivity index (χ1v) is 8.16. The normalized spacial score (nSPS) is 10.5. The minimum Gasteiger partial charge on any atom is -0.489 e. The van der Waals surface area contributed by atoms with Gasteiger partial charge in [-0.15, -0.1) is 0 Å². The van der Waals surface area contributed by atoms with E-state index in [2.05, 4.69) is 31.8 Å². The van der Waals surface area contributed by atoms with Crippen LogP contribution in [0.25, 0.3) is 0 Å². The lowest BCUT2D eigenvalue weighted by atomic mass is 9.98. The number of aryl methyl sites for hydroxylation is 1. The number of hydrogen-bond donors (Lipinski definition) is 1. The predicted octanol–water partition coefficient (Wildman–Crippen LogP) is 5.33. The van der Waals surface area contributed by atoms with Crippen molar-refractivity contribution in [3.05, 3.63) is 71.3 Å². The molecular weight excluding hydrogens is 298 g/mol. The Labute approximate surface area is 144 Å². The van der Waals surface area contributed by atoms with E-state index < -0.39 is 0 Å². The molecular formula is C21H25NO2. The molecule has 0 aliphatic heterocycles. The lowest BCUT2D eigenvalue weighted by Gasteiger charge is -2.16. The molecule has 0 fully saturated rings. The summed E-state index contributed by atoms with van der Waals surface area (Å²) in [6, 6.07) is 13.3. The molecule has 0 saturated heterocycles. The Hall–Kier alpha value is -2.55. The molecule has 0 aliphatic carbocycles. The fourth-order valence-corrected chi connectivity index (χ4v) is 2.46. The van der Waals surface area contributed by atoms with E-state index in [0.29, 0.717) is 23.8 Å². The van der Waals surface area contributed by atoms with Gasteiger partial charge in [0.2, 0.25) is 0 Å².